The Morgan fingerprint density at radius 2 is 1.56 bits per heavy atom. The van der Waals surface area contributed by atoms with Crippen LogP contribution in [-0.2, 0) is 4.79 Å². The summed E-state index contributed by atoms with van der Waals surface area (Å²) in [5.74, 6) is 0.101. The molecule has 0 aromatic heterocycles. The average molecular weight is 361 g/mol. The van der Waals surface area contributed by atoms with Crippen molar-refractivity contribution in [3.05, 3.63) is 70.8 Å². The number of likely N-dealkylation sites (tertiary alicyclic amines) is 1. The van der Waals surface area contributed by atoms with Crippen molar-refractivity contribution in [3.8, 4) is 0 Å². The lowest BCUT2D eigenvalue weighted by molar-refractivity contribution is -0.134. The van der Waals surface area contributed by atoms with E-state index in [0.29, 0.717) is 6.54 Å². The topological polar surface area (TPSA) is 35.9 Å². The van der Waals surface area contributed by atoms with Crippen LogP contribution in [0.4, 0.5) is 0 Å². The molecule has 0 radical (unpaired) electrons. The molecule has 2 aliphatic heterocycles. The van der Waals surface area contributed by atoms with E-state index in [0.717, 1.165) is 36.3 Å². The summed E-state index contributed by atoms with van der Waals surface area (Å²) in [6.45, 7) is 6.67. The van der Waals surface area contributed by atoms with Crippen LogP contribution in [0.3, 0.4) is 0 Å². The van der Waals surface area contributed by atoms with Crippen molar-refractivity contribution in [2.75, 3.05) is 19.6 Å². The highest BCUT2D eigenvalue weighted by Gasteiger charge is 2.33. The Bertz CT molecular complexity index is 833. The zero-order chi connectivity index (χ0) is 18.8. The zero-order valence-corrected chi connectivity index (χ0v) is 16.2. The predicted molar refractivity (Wildman–Crippen MR) is 109 cm³/mol. The molecule has 2 aromatic rings. The number of amides is 1. The first-order valence-corrected chi connectivity index (χ1v) is 9.85. The highest BCUT2D eigenvalue weighted by atomic mass is 16.2. The van der Waals surface area contributed by atoms with Gasteiger partial charge < -0.3 is 0 Å². The number of hydrogen-bond acceptors (Lipinski definition) is 3. The van der Waals surface area contributed by atoms with Gasteiger partial charge in [-0.15, -0.1) is 0 Å². The van der Waals surface area contributed by atoms with Crippen LogP contribution in [0, 0.1) is 13.8 Å². The summed E-state index contributed by atoms with van der Waals surface area (Å²) >= 11 is 0. The van der Waals surface area contributed by atoms with Crippen molar-refractivity contribution < 1.29 is 4.79 Å². The van der Waals surface area contributed by atoms with Gasteiger partial charge in [0.25, 0.3) is 5.91 Å². The fourth-order valence-corrected chi connectivity index (χ4v) is 3.91. The Morgan fingerprint density at radius 1 is 0.963 bits per heavy atom. The fourth-order valence-electron chi connectivity index (χ4n) is 3.91. The first kappa shape index (κ1) is 17.9. The van der Waals surface area contributed by atoms with Crippen LogP contribution in [0.25, 0.3) is 0 Å². The first-order valence-electron chi connectivity index (χ1n) is 9.85. The minimum atomic E-state index is -0.0167. The number of benzene rings is 2. The normalized spacial score (nSPS) is 20.1. The third kappa shape index (κ3) is 3.96. The molecule has 1 amide bonds. The maximum absolute atomic E-state index is 13.1. The summed E-state index contributed by atoms with van der Waals surface area (Å²) in [7, 11) is 0. The van der Waals surface area contributed by atoms with Gasteiger partial charge in [-0.2, -0.15) is 5.10 Å². The number of aryl methyl sites for hydroxylation is 2. The summed E-state index contributed by atoms with van der Waals surface area (Å²) in [6, 6.07) is 16.9. The number of carbonyl (C=O) groups excluding carboxylic acids is 1. The van der Waals surface area contributed by atoms with Gasteiger partial charge in [-0.3, -0.25) is 9.69 Å². The van der Waals surface area contributed by atoms with E-state index in [2.05, 4.69) is 67.3 Å². The molecular weight excluding hydrogens is 334 g/mol. The molecule has 0 aliphatic carbocycles. The molecule has 1 saturated heterocycles. The van der Waals surface area contributed by atoms with Crippen molar-refractivity contribution >= 4 is 11.6 Å². The van der Waals surface area contributed by atoms with Gasteiger partial charge in [0.05, 0.1) is 18.3 Å². The van der Waals surface area contributed by atoms with E-state index in [4.69, 9.17) is 5.10 Å². The van der Waals surface area contributed by atoms with Crippen LogP contribution in [0.5, 0.6) is 0 Å². The van der Waals surface area contributed by atoms with Crippen LogP contribution in [-0.4, -0.2) is 41.2 Å². The number of hydrazone groups is 1. The molecular formula is C23H27N3O. The Kier molecular flexibility index (Phi) is 5.08. The molecule has 0 saturated carbocycles. The predicted octanol–water partition coefficient (Wildman–Crippen LogP) is 4.08. The van der Waals surface area contributed by atoms with Gasteiger partial charge in [-0.05, 0) is 50.9 Å². The van der Waals surface area contributed by atoms with Crippen molar-refractivity contribution in [1.82, 2.24) is 9.91 Å². The van der Waals surface area contributed by atoms with Gasteiger partial charge in [0.1, 0.15) is 0 Å². The average Bonchev–Trinajstić information content (AvgIpc) is 3.33. The maximum atomic E-state index is 13.1. The standard InChI is InChI=1S/C23H27N3O/c1-17-5-9-19(10-6-17)21-15-22(20-11-7-18(2)8-12-20)26(24-21)23(27)16-25-13-3-4-14-25/h5-12,22H,3-4,13-16H2,1-2H3/t22-/m0/s1. The minimum absolute atomic E-state index is 0.0167. The quantitative estimate of drug-likeness (QED) is 0.823. The second-order valence-corrected chi connectivity index (χ2v) is 7.76. The van der Waals surface area contributed by atoms with Crippen molar-refractivity contribution in [2.24, 2.45) is 5.10 Å². The second kappa shape index (κ2) is 7.65. The summed E-state index contributed by atoms with van der Waals surface area (Å²) in [6.07, 6.45) is 3.14. The maximum Gasteiger partial charge on any atom is 0.257 e. The first-order chi connectivity index (χ1) is 13.1. The van der Waals surface area contributed by atoms with E-state index in [1.165, 1.54) is 24.0 Å². The van der Waals surface area contributed by atoms with Crippen LogP contribution >= 0.6 is 0 Å². The van der Waals surface area contributed by atoms with E-state index in [1.54, 1.807) is 5.01 Å². The Morgan fingerprint density at radius 3 is 2.19 bits per heavy atom. The van der Waals surface area contributed by atoms with Gasteiger partial charge in [0.15, 0.2) is 0 Å². The van der Waals surface area contributed by atoms with E-state index >= 15 is 0 Å². The lowest BCUT2D eigenvalue weighted by Crippen LogP contribution is -2.36. The molecule has 4 heteroatoms. The molecule has 0 unspecified atom stereocenters. The molecule has 1 atom stereocenters. The monoisotopic (exact) mass is 361 g/mol. The van der Waals surface area contributed by atoms with Crippen molar-refractivity contribution in [2.45, 2.75) is 39.2 Å². The molecule has 27 heavy (non-hydrogen) atoms. The number of nitrogens with zero attached hydrogens (tertiary/aromatic N) is 3. The Hall–Kier alpha value is -2.46. The molecule has 2 aromatic carbocycles. The number of rotatable bonds is 4. The van der Waals surface area contributed by atoms with E-state index in [1.807, 2.05) is 0 Å². The molecule has 1 fully saturated rings. The van der Waals surface area contributed by atoms with E-state index in [-0.39, 0.29) is 11.9 Å². The largest absolute Gasteiger partial charge is 0.294 e. The summed E-state index contributed by atoms with van der Waals surface area (Å²) in [4.78, 5) is 15.3. The van der Waals surface area contributed by atoms with Gasteiger partial charge in [-0.1, -0.05) is 59.7 Å². The lowest BCUT2D eigenvalue weighted by atomic mass is 9.97. The zero-order valence-electron chi connectivity index (χ0n) is 16.2. The third-order valence-electron chi connectivity index (χ3n) is 5.57. The molecule has 2 aliphatic rings. The highest BCUT2D eigenvalue weighted by molar-refractivity contribution is 6.03. The summed E-state index contributed by atoms with van der Waals surface area (Å²) in [5, 5.41) is 6.52. The SMILES string of the molecule is Cc1ccc(C2=NN(C(=O)CN3CCCC3)[C@H](c3ccc(C)cc3)C2)cc1. The molecule has 0 spiro atoms. The number of hydrogen-bond donors (Lipinski definition) is 0. The van der Waals surface area contributed by atoms with Crippen molar-refractivity contribution in [1.29, 1.82) is 0 Å². The van der Waals surface area contributed by atoms with Crippen LogP contribution < -0.4 is 0 Å². The van der Waals surface area contributed by atoms with Gasteiger partial charge in [0.2, 0.25) is 0 Å². The Labute approximate surface area is 161 Å². The second-order valence-electron chi connectivity index (χ2n) is 7.76. The minimum Gasteiger partial charge on any atom is -0.294 e. The van der Waals surface area contributed by atoms with Crippen molar-refractivity contribution in [3.63, 3.8) is 0 Å². The molecule has 140 valence electrons. The Balaban J connectivity index is 1.61. The summed E-state index contributed by atoms with van der Waals surface area (Å²) in [5.41, 5.74) is 5.71. The smallest absolute Gasteiger partial charge is 0.257 e. The number of carbonyl (C=O) groups is 1. The van der Waals surface area contributed by atoms with Gasteiger partial charge in [0, 0.05) is 6.42 Å². The van der Waals surface area contributed by atoms with Crippen LogP contribution in [0.2, 0.25) is 0 Å². The van der Waals surface area contributed by atoms with Gasteiger partial charge in [-0.25, -0.2) is 5.01 Å². The molecule has 0 bridgehead atoms. The molecule has 4 rings (SSSR count). The highest BCUT2D eigenvalue weighted by Crippen LogP contribution is 2.33. The van der Waals surface area contributed by atoms with Gasteiger partial charge >= 0.3 is 0 Å². The van der Waals surface area contributed by atoms with Crippen LogP contribution in [0.1, 0.15) is 47.6 Å². The lowest BCUT2D eigenvalue weighted by Gasteiger charge is -2.24. The fraction of sp³-hybridized carbons (Fsp3) is 0.391. The molecule has 2 heterocycles. The van der Waals surface area contributed by atoms with E-state index < -0.39 is 0 Å². The van der Waals surface area contributed by atoms with Crippen LogP contribution in [0.15, 0.2) is 53.6 Å². The summed E-state index contributed by atoms with van der Waals surface area (Å²) < 4.78 is 0. The van der Waals surface area contributed by atoms with E-state index in [9.17, 15) is 4.79 Å². The molecule has 0 N–H and O–H groups in total. The third-order valence-corrected chi connectivity index (χ3v) is 5.57. The molecule has 4 nitrogen and oxygen atoms in total.